The number of likely N-dealkylation sites (N-methyl/N-ethyl adjacent to an activating group) is 1. The Morgan fingerprint density at radius 1 is 1.22 bits per heavy atom. The number of carbonyl (C=O) groups excluding carboxylic acids is 1. The Morgan fingerprint density at radius 2 is 1.96 bits per heavy atom. The second-order valence-electron chi connectivity index (χ2n) is 7.76. The molecule has 1 amide bonds. The van der Waals surface area contributed by atoms with Gasteiger partial charge in [-0.15, -0.1) is 0 Å². The Labute approximate surface area is 162 Å². The van der Waals surface area contributed by atoms with Crippen molar-refractivity contribution in [2.75, 3.05) is 53.1 Å². The zero-order valence-electron chi connectivity index (χ0n) is 16.6. The Kier molecular flexibility index (Phi) is 7.50. The summed E-state index contributed by atoms with van der Waals surface area (Å²) in [4.78, 5) is 16.4. The van der Waals surface area contributed by atoms with E-state index in [1.165, 1.54) is 5.56 Å². The second-order valence-corrected chi connectivity index (χ2v) is 7.76. The van der Waals surface area contributed by atoms with Crippen LogP contribution in [0.15, 0.2) is 24.3 Å². The number of benzene rings is 1. The highest BCUT2D eigenvalue weighted by molar-refractivity contribution is 5.77. The molecule has 6 nitrogen and oxygen atoms in total. The van der Waals surface area contributed by atoms with Crippen LogP contribution < -0.4 is 4.74 Å². The van der Waals surface area contributed by atoms with Crippen molar-refractivity contribution in [3.05, 3.63) is 29.8 Å². The molecule has 0 saturated carbocycles. The van der Waals surface area contributed by atoms with Crippen molar-refractivity contribution >= 4 is 5.91 Å². The molecular formula is C21H32N2O4. The van der Waals surface area contributed by atoms with Crippen molar-refractivity contribution in [3.63, 3.8) is 0 Å². The van der Waals surface area contributed by atoms with Gasteiger partial charge in [0.2, 0.25) is 0 Å². The fourth-order valence-electron chi connectivity index (χ4n) is 3.55. The normalized spacial score (nSPS) is 21.4. The molecule has 150 valence electrons. The molecule has 1 atom stereocenters. The molecule has 0 aromatic heterocycles. The van der Waals surface area contributed by atoms with E-state index in [9.17, 15) is 4.79 Å². The van der Waals surface area contributed by atoms with Crippen molar-refractivity contribution in [2.24, 2.45) is 5.92 Å². The minimum Gasteiger partial charge on any atom is -0.484 e. The van der Waals surface area contributed by atoms with Gasteiger partial charge in [-0.2, -0.15) is 0 Å². The van der Waals surface area contributed by atoms with Gasteiger partial charge in [0.1, 0.15) is 5.75 Å². The van der Waals surface area contributed by atoms with E-state index >= 15 is 0 Å². The van der Waals surface area contributed by atoms with Crippen LogP contribution in [0.2, 0.25) is 0 Å². The maximum atomic E-state index is 12.3. The van der Waals surface area contributed by atoms with Crippen LogP contribution in [-0.4, -0.2) is 74.9 Å². The minimum absolute atomic E-state index is 0.0837. The van der Waals surface area contributed by atoms with Gasteiger partial charge in [-0.05, 0) is 43.5 Å². The first-order chi connectivity index (χ1) is 13.1. The Balaban J connectivity index is 1.39. The summed E-state index contributed by atoms with van der Waals surface area (Å²) in [5.74, 6) is 1.54. The fourth-order valence-corrected chi connectivity index (χ4v) is 3.55. The number of carbonyl (C=O) groups is 1. The van der Waals surface area contributed by atoms with Gasteiger partial charge in [-0.1, -0.05) is 19.1 Å². The molecular weight excluding hydrogens is 344 g/mol. The molecule has 0 N–H and O–H groups in total. The summed E-state index contributed by atoms with van der Waals surface area (Å²) in [6.07, 6.45) is 2.33. The molecule has 2 fully saturated rings. The van der Waals surface area contributed by atoms with Crippen LogP contribution in [-0.2, 0) is 20.8 Å². The Bertz CT molecular complexity index is 578. The maximum absolute atomic E-state index is 12.3. The lowest BCUT2D eigenvalue weighted by molar-refractivity contribution is -0.134. The summed E-state index contributed by atoms with van der Waals surface area (Å²) in [6, 6.07) is 7.98. The zero-order valence-corrected chi connectivity index (χ0v) is 16.6. The summed E-state index contributed by atoms with van der Waals surface area (Å²) in [7, 11) is 2.08. The van der Waals surface area contributed by atoms with E-state index in [0.29, 0.717) is 19.8 Å². The monoisotopic (exact) mass is 376 g/mol. The third-order valence-corrected chi connectivity index (χ3v) is 5.27. The number of amides is 1. The topological polar surface area (TPSA) is 51.2 Å². The van der Waals surface area contributed by atoms with E-state index in [0.717, 1.165) is 50.7 Å². The van der Waals surface area contributed by atoms with Crippen LogP contribution in [0, 0.1) is 5.92 Å². The van der Waals surface area contributed by atoms with Crippen LogP contribution in [0.25, 0.3) is 0 Å². The first-order valence-electron chi connectivity index (χ1n) is 9.97. The highest BCUT2D eigenvalue weighted by atomic mass is 16.6. The molecule has 0 spiro atoms. The van der Waals surface area contributed by atoms with E-state index in [-0.39, 0.29) is 18.6 Å². The summed E-state index contributed by atoms with van der Waals surface area (Å²) in [5, 5.41) is 0. The molecule has 2 heterocycles. The zero-order chi connectivity index (χ0) is 19.1. The summed E-state index contributed by atoms with van der Waals surface area (Å²) >= 11 is 0. The molecule has 0 bridgehead atoms. The van der Waals surface area contributed by atoms with Crippen molar-refractivity contribution in [1.82, 2.24) is 9.80 Å². The smallest absolute Gasteiger partial charge is 0.260 e. The summed E-state index contributed by atoms with van der Waals surface area (Å²) in [6.45, 7) is 7.79. The van der Waals surface area contributed by atoms with Crippen molar-refractivity contribution < 1.29 is 19.0 Å². The third-order valence-electron chi connectivity index (χ3n) is 5.27. The second kappa shape index (κ2) is 10.1. The molecule has 0 radical (unpaired) electrons. The average Bonchev–Trinajstić information content (AvgIpc) is 2.68. The number of nitrogens with zero attached hydrogens (tertiary/aromatic N) is 2. The van der Waals surface area contributed by atoms with Crippen LogP contribution in [0.1, 0.15) is 25.3 Å². The molecule has 1 aromatic rings. The lowest BCUT2D eigenvalue weighted by atomic mass is 9.99. The van der Waals surface area contributed by atoms with Gasteiger partial charge in [-0.3, -0.25) is 9.69 Å². The molecule has 2 aliphatic heterocycles. The lowest BCUT2D eigenvalue weighted by Gasteiger charge is -2.30. The van der Waals surface area contributed by atoms with E-state index in [1.807, 2.05) is 17.0 Å². The van der Waals surface area contributed by atoms with E-state index in [2.05, 4.69) is 31.0 Å². The Morgan fingerprint density at radius 3 is 2.63 bits per heavy atom. The van der Waals surface area contributed by atoms with Gasteiger partial charge in [0, 0.05) is 26.2 Å². The van der Waals surface area contributed by atoms with Crippen LogP contribution in [0.5, 0.6) is 5.75 Å². The van der Waals surface area contributed by atoms with Crippen LogP contribution >= 0.6 is 0 Å². The molecule has 27 heavy (non-hydrogen) atoms. The predicted octanol–water partition coefficient (Wildman–Crippen LogP) is 2.17. The third kappa shape index (κ3) is 6.48. The number of hydrogen-bond acceptors (Lipinski definition) is 5. The summed E-state index contributed by atoms with van der Waals surface area (Å²) in [5.41, 5.74) is 1.21. The fraction of sp³-hybridized carbons (Fsp3) is 0.667. The first-order valence-corrected chi connectivity index (χ1v) is 9.97. The van der Waals surface area contributed by atoms with Gasteiger partial charge in [0.15, 0.2) is 6.61 Å². The van der Waals surface area contributed by atoms with Crippen molar-refractivity contribution in [1.29, 1.82) is 0 Å². The lowest BCUT2D eigenvalue weighted by Crippen LogP contribution is -2.40. The largest absolute Gasteiger partial charge is 0.484 e. The number of hydrogen-bond donors (Lipinski definition) is 0. The van der Waals surface area contributed by atoms with Crippen LogP contribution in [0.3, 0.4) is 0 Å². The number of rotatable bonds is 7. The number of piperidine rings is 1. The maximum Gasteiger partial charge on any atom is 0.260 e. The highest BCUT2D eigenvalue weighted by Gasteiger charge is 2.20. The molecule has 1 aromatic carbocycles. The number of likely N-dealkylation sites (tertiary alicyclic amines) is 1. The quantitative estimate of drug-likeness (QED) is 0.730. The van der Waals surface area contributed by atoms with Gasteiger partial charge in [0.25, 0.3) is 5.91 Å². The van der Waals surface area contributed by atoms with E-state index in [1.54, 1.807) is 0 Å². The molecule has 6 heteroatoms. The molecule has 0 unspecified atom stereocenters. The van der Waals surface area contributed by atoms with Crippen LogP contribution in [0.4, 0.5) is 0 Å². The molecule has 3 rings (SSSR count). The molecule has 0 aliphatic carbocycles. The average molecular weight is 376 g/mol. The predicted molar refractivity (Wildman–Crippen MR) is 104 cm³/mol. The van der Waals surface area contributed by atoms with Gasteiger partial charge in [-0.25, -0.2) is 0 Å². The van der Waals surface area contributed by atoms with Gasteiger partial charge < -0.3 is 19.1 Å². The molecule has 2 aliphatic rings. The minimum atomic E-state index is 0.0837. The van der Waals surface area contributed by atoms with Crippen molar-refractivity contribution in [3.8, 4) is 5.75 Å². The van der Waals surface area contributed by atoms with E-state index in [4.69, 9.17) is 14.2 Å². The Hall–Kier alpha value is -1.63. The standard InChI is InChI=1S/C21H32N2O4/c1-17-7-9-23(10-8-17)21(24)16-27-19-5-3-18(4-6-19)13-22(2)14-20-15-25-11-12-26-20/h3-6,17,20H,7-16H2,1-2H3/t20-/m1/s1. The van der Waals surface area contributed by atoms with Crippen molar-refractivity contribution in [2.45, 2.75) is 32.4 Å². The molecule has 2 saturated heterocycles. The SMILES string of the molecule is CC1CCN(C(=O)COc2ccc(CN(C)C[C@@H]3COCCO3)cc2)CC1. The first kappa shape index (κ1) is 20.1. The van der Waals surface area contributed by atoms with Gasteiger partial charge in [0.05, 0.1) is 25.9 Å². The van der Waals surface area contributed by atoms with Gasteiger partial charge >= 0.3 is 0 Å². The highest BCUT2D eigenvalue weighted by Crippen LogP contribution is 2.17. The summed E-state index contributed by atoms with van der Waals surface area (Å²) < 4.78 is 16.8. The number of ether oxygens (including phenoxy) is 3. The van der Waals surface area contributed by atoms with E-state index < -0.39 is 0 Å².